The van der Waals surface area contributed by atoms with Crippen LogP contribution >= 0.6 is 0 Å². The molecule has 0 aliphatic carbocycles. The van der Waals surface area contributed by atoms with Gasteiger partial charge in [-0.15, -0.1) is 0 Å². The van der Waals surface area contributed by atoms with Crippen LogP contribution in [0, 0.1) is 0 Å². The molecule has 3 aromatic heterocycles. The summed E-state index contributed by atoms with van der Waals surface area (Å²) in [5.41, 5.74) is 17.3. The van der Waals surface area contributed by atoms with Crippen LogP contribution in [0.1, 0.15) is 0 Å². The molecule has 0 unspecified atom stereocenters. The van der Waals surface area contributed by atoms with Crippen LogP contribution in [-0.2, 0) is 0 Å². The number of furan rings is 1. The van der Waals surface area contributed by atoms with Crippen LogP contribution < -0.4 is 32.8 Å². The van der Waals surface area contributed by atoms with Crippen LogP contribution in [0.2, 0.25) is 0 Å². The second-order valence-electron chi connectivity index (χ2n) is 15.0. The van der Waals surface area contributed by atoms with Crippen molar-refractivity contribution in [3.63, 3.8) is 0 Å². The van der Waals surface area contributed by atoms with Crippen LogP contribution in [0.25, 0.3) is 94.7 Å². The minimum atomic E-state index is 0.627. The first-order valence-electron chi connectivity index (χ1n) is 19.2. The topological polar surface area (TPSA) is 56.7 Å². The Morgan fingerprint density at radius 2 is 0.839 bits per heavy atom. The Morgan fingerprint density at radius 3 is 1.45 bits per heavy atom. The zero-order valence-corrected chi connectivity index (χ0v) is 32.4. The molecular formula is C45H34B6N4O. The first kappa shape index (κ1) is 34.1. The van der Waals surface area contributed by atoms with Crippen molar-refractivity contribution in [2.24, 2.45) is 0 Å². The van der Waals surface area contributed by atoms with Gasteiger partial charge in [-0.25, -0.2) is 15.0 Å². The summed E-state index contributed by atoms with van der Waals surface area (Å²) in [5.74, 6) is 1.89. The second-order valence-corrected chi connectivity index (χ2v) is 15.0. The van der Waals surface area contributed by atoms with E-state index in [9.17, 15) is 0 Å². The zero-order valence-electron chi connectivity index (χ0n) is 32.4. The SMILES string of the molecule is Bc1c(B)c(-c2nc(-c3ccccc3)nc(-c3ccc(-c4ccccc4)cc3)n2)c2c(oc3c(-n4c5ccccc5c5ccccc54)c(B)c(B)c(B)c32)c1B. The van der Waals surface area contributed by atoms with E-state index in [2.05, 4.69) is 161 Å². The fraction of sp³-hybridized carbons (Fsp3) is 0. The molecule has 0 spiro atoms. The molecule has 0 aliphatic rings. The third-order valence-corrected chi connectivity index (χ3v) is 12.0. The summed E-state index contributed by atoms with van der Waals surface area (Å²) in [4.78, 5) is 15.7. The molecule has 0 atom stereocenters. The van der Waals surface area contributed by atoms with E-state index in [1.54, 1.807) is 0 Å². The van der Waals surface area contributed by atoms with E-state index in [1.807, 2.05) is 24.3 Å². The van der Waals surface area contributed by atoms with Crippen molar-refractivity contribution < 1.29 is 4.42 Å². The highest BCUT2D eigenvalue weighted by atomic mass is 16.3. The molecule has 3 heterocycles. The molecule has 0 amide bonds. The first-order chi connectivity index (χ1) is 27.3. The predicted octanol–water partition coefficient (Wildman–Crippen LogP) is 1.09. The Kier molecular flexibility index (Phi) is 7.96. The third-order valence-electron chi connectivity index (χ3n) is 12.0. The van der Waals surface area contributed by atoms with Gasteiger partial charge in [0.1, 0.15) is 52.7 Å². The first-order valence-corrected chi connectivity index (χ1v) is 19.2. The number of fused-ring (bicyclic) bond motifs is 6. The van der Waals surface area contributed by atoms with Gasteiger partial charge in [-0.3, -0.25) is 0 Å². The Balaban J connectivity index is 1.29. The monoisotopic (exact) mass is 712 g/mol. The van der Waals surface area contributed by atoms with Gasteiger partial charge in [-0.1, -0.05) is 154 Å². The van der Waals surface area contributed by atoms with Crippen molar-refractivity contribution in [1.82, 2.24) is 19.5 Å². The molecule has 10 aromatic rings. The van der Waals surface area contributed by atoms with E-state index in [0.29, 0.717) is 17.5 Å². The quantitative estimate of drug-likeness (QED) is 0.251. The van der Waals surface area contributed by atoms with E-state index < -0.39 is 0 Å². The molecule has 0 aliphatic heterocycles. The Hall–Kier alpha value is -6.46. The van der Waals surface area contributed by atoms with Gasteiger partial charge in [-0.05, 0) is 23.3 Å². The number of para-hydroxylation sites is 2. The summed E-state index contributed by atoms with van der Waals surface area (Å²) >= 11 is 0. The Labute approximate surface area is 330 Å². The summed E-state index contributed by atoms with van der Waals surface area (Å²) in [7, 11) is 13.2. The number of aromatic nitrogens is 4. The average molecular weight is 712 g/mol. The second kappa shape index (κ2) is 13.1. The van der Waals surface area contributed by atoms with E-state index in [0.717, 1.165) is 77.3 Å². The van der Waals surface area contributed by atoms with Gasteiger partial charge in [0.15, 0.2) is 23.1 Å². The summed E-state index contributed by atoms with van der Waals surface area (Å²) in [6, 6.07) is 46.5. The molecule has 11 heteroatoms. The van der Waals surface area contributed by atoms with Crippen LogP contribution in [0.3, 0.4) is 0 Å². The molecule has 0 N–H and O–H groups in total. The van der Waals surface area contributed by atoms with Crippen molar-refractivity contribution in [2.45, 2.75) is 0 Å². The van der Waals surface area contributed by atoms with Crippen LogP contribution in [0.15, 0.2) is 138 Å². The molecular weight excluding hydrogens is 677 g/mol. The van der Waals surface area contributed by atoms with E-state index >= 15 is 0 Å². The molecule has 258 valence electrons. The van der Waals surface area contributed by atoms with E-state index in [-0.39, 0.29) is 0 Å². The lowest BCUT2D eigenvalue weighted by molar-refractivity contribution is 0.670. The van der Waals surface area contributed by atoms with E-state index in [4.69, 9.17) is 19.4 Å². The molecule has 10 rings (SSSR count). The van der Waals surface area contributed by atoms with Crippen molar-refractivity contribution in [3.8, 4) is 51.0 Å². The lowest BCUT2D eigenvalue weighted by Crippen LogP contribution is -2.42. The van der Waals surface area contributed by atoms with Gasteiger partial charge in [0.25, 0.3) is 0 Å². The van der Waals surface area contributed by atoms with Gasteiger partial charge >= 0.3 is 0 Å². The minimum absolute atomic E-state index is 0.627. The summed E-state index contributed by atoms with van der Waals surface area (Å²) < 4.78 is 9.65. The van der Waals surface area contributed by atoms with Gasteiger partial charge in [0.05, 0.1) is 16.7 Å². The number of hydrogen-bond acceptors (Lipinski definition) is 4. The molecule has 5 nitrogen and oxygen atoms in total. The largest absolute Gasteiger partial charge is 0.454 e. The summed E-state index contributed by atoms with van der Waals surface area (Å²) in [6.07, 6.45) is 0. The zero-order chi connectivity index (χ0) is 38.2. The Morgan fingerprint density at radius 1 is 0.375 bits per heavy atom. The normalized spacial score (nSPS) is 11.6. The average Bonchev–Trinajstić information content (AvgIpc) is 3.80. The number of benzene rings is 7. The molecule has 0 bridgehead atoms. The maximum Gasteiger partial charge on any atom is 0.164 e. The number of rotatable bonds is 5. The standard InChI is InChI=1S/C45H34B6N4O/c46-34-32-31-33(45-53-43(25-13-5-2-6-14-25)52-44(54-45)26-21-19-24(20-22-26)23-11-3-1-4-12-23)35(47)37(49)39(51)41(31)56-42(32)40(38(50)36(34)48)55-29-17-9-7-15-27(29)28-16-8-10-18-30(28)55/h1-22H,46-51H2. The minimum Gasteiger partial charge on any atom is -0.454 e. The van der Waals surface area contributed by atoms with Gasteiger partial charge in [0, 0.05) is 38.2 Å². The molecule has 0 saturated carbocycles. The highest BCUT2D eigenvalue weighted by Crippen LogP contribution is 2.38. The molecule has 0 saturated heterocycles. The maximum absolute atomic E-state index is 7.24. The smallest absolute Gasteiger partial charge is 0.164 e. The fourth-order valence-corrected chi connectivity index (χ4v) is 8.59. The predicted molar refractivity (Wildman–Crippen MR) is 252 cm³/mol. The summed E-state index contributed by atoms with van der Waals surface area (Å²) in [6.45, 7) is 0. The third kappa shape index (κ3) is 5.14. The van der Waals surface area contributed by atoms with Crippen LogP contribution in [-0.4, -0.2) is 66.6 Å². The van der Waals surface area contributed by atoms with Crippen LogP contribution in [0.5, 0.6) is 0 Å². The van der Waals surface area contributed by atoms with Crippen molar-refractivity contribution >= 4 is 124 Å². The molecule has 0 radical (unpaired) electrons. The lowest BCUT2D eigenvalue weighted by atomic mass is 9.67. The van der Waals surface area contributed by atoms with Gasteiger partial charge in [0.2, 0.25) is 0 Å². The molecule has 56 heavy (non-hydrogen) atoms. The van der Waals surface area contributed by atoms with Crippen molar-refractivity contribution in [2.75, 3.05) is 0 Å². The van der Waals surface area contributed by atoms with Gasteiger partial charge < -0.3 is 8.98 Å². The number of hydrogen-bond donors (Lipinski definition) is 0. The molecule has 7 aromatic carbocycles. The summed E-state index contributed by atoms with van der Waals surface area (Å²) in [5, 5.41) is 4.57. The highest BCUT2D eigenvalue weighted by molar-refractivity contribution is 6.65. The maximum atomic E-state index is 7.24. The highest BCUT2D eigenvalue weighted by Gasteiger charge is 2.28. The number of nitrogens with zero attached hydrogens (tertiary/aromatic N) is 4. The van der Waals surface area contributed by atoms with Gasteiger partial charge in [-0.2, -0.15) is 0 Å². The van der Waals surface area contributed by atoms with Crippen molar-refractivity contribution in [3.05, 3.63) is 133 Å². The lowest BCUT2D eigenvalue weighted by Gasteiger charge is -2.18. The van der Waals surface area contributed by atoms with Crippen molar-refractivity contribution in [1.29, 1.82) is 0 Å². The van der Waals surface area contributed by atoms with E-state index in [1.165, 1.54) is 32.7 Å². The molecule has 0 fully saturated rings. The Bertz CT molecular complexity index is 3150. The van der Waals surface area contributed by atoms with Crippen LogP contribution in [0.4, 0.5) is 0 Å². The fourth-order valence-electron chi connectivity index (χ4n) is 8.59.